The number of unbranched alkanes of at least 4 members (excludes halogenated alkanes) is 1. The van der Waals surface area contributed by atoms with Gasteiger partial charge in [0.2, 0.25) is 0 Å². The van der Waals surface area contributed by atoms with Crippen molar-refractivity contribution in [1.82, 2.24) is 14.8 Å². The van der Waals surface area contributed by atoms with Crippen molar-refractivity contribution in [2.75, 3.05) is 11.1 Å². The van der Waals surface area contributed by atoms with Crippen LogP contribution in [0.2, 0.25) is 0 Å². The molecule has 0 radical (unpaired) electrons. The molecule has 0 unspecified atom stereocenters. The molecule has 0 saturated carbocycles. The van der Waals surface area contributed by atoms with Crippen LogP contribution >= 0.6 is 11.8 Å². The van der Waals surface area contributed by atoms with Crippen LogP contribution in [0.15, 0.2) is 34.2 Å². The minimum Gasteiger partial charge on any atom is -0.351 e. The molecule has 9 heteroatoms. The maximum Gasteiger partial charge on any atom is 0.343 e. The quantitative estimate of drug-likeness (QED) is 0.496. The number of H-pyrrole nitrogens is 1. The van der Waals surface area contributed by atoms with Gasteiger partial charge in [0.15, 0.2) is 10.9 Å². The number of aromatic amines is 1. The fourth-order valence-electron chi connectivity index (χ4n) is 2.02. The Morgan fingerprint density at radius 1 is 1.33 bits per heavy atom. The van der Waals surface area contributed by atoms with Crippen LogP contribution in [0.3, 0.4) is 0 Å². The molecule has 1 heterocycles. The van der Waals surface area contributed by atoms with E-state index in [0.29, 0.717) is 23.0 Å². The van der Waals surface area contributed by atoms with E-state index in [1.807, 2.05) is 6.92 Å². The average Bonchev–Trinajstić information content (AvgIpc) is 2.91. The van der Waals surface area contributed by atoms with E-state index in [2.05, 4.69) is 15.5 Å². The van der Waals surface area contributed by atoms with Crippen molar-refractivity contribution >= 4 is 29.3 Å². The van der Waals surface area contributed by atoms with Gasteiger partial charge in [-0.25, -0.2) is 14.7 Å². The SMILES string of the molecule is CCCCn1c(SCC(=O)c2ccc(NC(N)=O)cc2)n[nH]c1=O. The molecule has 0 aliphatic rings. The van der Waals surface area contributed by atoms with Crippen molar-refractivity contribution in [2.45, 2.75) is 31.5 Å². The van der Waals surface area contributed by atoms with Crippen molar-refractivity contribution in [2.24, 2.45) is 5.73 Å². The summed E-state index contributed by atoms with van der Waals surface area (Å²) >= 11 is 1.22. The van der Waals surface area contributed by atoms with Gasteiger partial charge in [0.05, 0.1) is 5.75 Å². The van der Waals surface area contributed by atoms with E-state index in [0.717, 1.165) is 12.8 Å². The molecule has 2 amide bonds. The highest BCUT2D eigenvalue weighted by atomic mass is 32.2. The number of nitrogens with one attached hydrogen (secondary N) is 2. The Kier molecular flexibility index (Phi) is 6.19. The van der Waals surface area contributed by atoms with Gasteiger partial charge in [0.1, 0.15) is 0 Å². The molecule has 2 aromatic rings. The number of nitrogens with zero attached hydrogens (tertiary/aromatic N) is 2. The van der Waals surface area contributed by atoms with E-state index >= 15 is 0 Å². The zero-order chi connectivity index (χ0) is 17.5. The summed E-state index contributed by atoms with van der Waals surface area (Å²) < 4.78 is 1.54. The highest BCUT2D eigenvalue weighted by molar-refractivity contribution is 7.99. The number of primary amides is 1. The first-order valence-corrected chi connectivity index (χ1v) is 8.47. The molecule has 0 spiro atoms. The molecule has 0 saturated heterocycles. The standard InChI is InChI=1S/C15H19N5O3S/c1-2-3-8-20-14(23)18-19-15(20)24-9-12(21)10-4-6-11(7-5-10)17-13(16)22/h4-7H,2-3,8-9H2,1H3,(H,18,23)(H3,16,17,22). The Bertz CT molecular complexity index is 766. The molecule has 0 aliphatic carbocycles. The largest absolute Gasteiger partial charge is 0.351 e. The summed E-state index contributed by atoms with van der Waals surface area (Å²) in [6, 6.07) is 5.78. The molecule has 0 bridgehead atoms. The minimum absolute atomic E-state index is 0.0943. The molecule has 0 atom stereocenters. The highest BCUT2D eigenvalue weighted by Crippen LogP contribution is 2.17. The van der Waals surface area contributed by atoms with Crippen LogP contribution in [0.5, 0.6) is 0 Å². The Hall–Kier alpha value is -2.55. The second-order valence-corrected chi connectivity index (χ2v) is 6.04. The van der Waals surface area contributed by atoms with Crippen LogP contribution < -0.4 is 16.7 Å². The van der Waals surface area contributed by atoms with Crippen molar-refractivity contribution < 1.29 is 9.59 Å². The van der Waals surface area contributed by atoms with Crippen molar-refractivity contribution in [3.8, 4) is 0 Å². The summed E-state index contributed by atoms with van der Waals surface area (Å²) in [6.45, 7) is 2.62. The number of thioether (sulfide) groups is 1. The predicted molar refractivity (Wildman–Crippen MR) is 92.5 cm³/mol. The first-order chi connectivity index (χ1) is 11.5. The number of aromatic nitrogens is 3. The average molecular weight is 349 g/mol. The van der Waals surface area contributed by atoms with Crippen LogP contribution in [0.4, 0.5) is 10.5 Å². The van der Waals surface area contributed by atoms with Gasteiger partial charge in [-0.15, -0.1) is 5.10 Å². The predicted octanol–water partition coefficient (Wildman–Crippen LogP) is 1.84. The maximum absolute atomic E-state index is 12.2. The van der Waals surface area contributed by atoms with Gasteiger partial charge >= 0.3 is 11.7 Å². The topological polar surface area (TPSA) is 123 Å². The Morgan fingerprint density at radius 3 is 2.67 bits per heavy atom. The molecule has 0 fully saturated rings. The number of hydrogen-bond donors (Lipinski definition) is 3. The number of Topliss-reactive ketones (excluding diaryl/α,β-unsaturated/α-hetero) is 1. The third-order valence-corrected chi connectivity index (χ3v) is 4.24. The zero-order valence-electron chi connectivity index (χ0n) is 13.2. The lowest BCUT2D eigenvalue weighted by atomic mass is 10.1. The summed E-state index contributed by atoms with van der Waals surface area (Å²) in [6.07, 6.45) is 1.83. The van der Waals surface area contributed by atoms with E-state index in [-0.39, 0.29) is 17.2 Å². The smallest absolute Gasteiger partial charge is 0.343 e. The van der Waals surface area contributed by atoms with Crippen LogP contribution in [0, 0.1) is 0 Å². The van der Waals surface area contributed by atoms with Gasteiger partial charge < -0.3 is 11.1 Å². The number of anilines is 1. The van der Waals surface area contributed by atoms with Gasteiger partial charge in [-0.1, -0.05) is 25.1 Å². The van der Waals surface area contributed by atoms with Crippen molar-refractivity contribution in [1.29, 1.82) is 0 Å². The number of benzene rings is 1. The summed E-state index contributed by atoms with van der Waals surface area (Å²) in [5, 5.41) is 9.30. The maximum atomic E-state index is 12.2. The number of hydrogen-bond acceptors (Lipinski definition) is 5. The second kappa shape index (κ2) is 8.34. The van der Waals surface area contributed by atoms with E-state index in [1.54, 1.807) is 28.8 Å². The molecule has 24 heavy (non-hydrogen) atoms. The highest BCUT2D eigenvalue weighted by Gasteiger charge is 2.12. The van der Waals surface area contributed by atoms with Crippen LogP contribution in [0.1, 0.15) is 30.1 Å². The number of nitrogens with two attached hydrogens (primary N) is 1. The summed E-state index contributed by atoms with van der Waals surface area (Å²) in [7, 11) is 0. The molecule has 1 aromatic heterocycles. The molecule has 1 aromatic carbocycles. The van der Waals surface area contributed by atoms with Gasteiger partial charge in [-0.3, -0.25) is 9.36 Å². The van der Waals surface area contributed by atoms with E-state index in [4.69, 9.17) is 5.73 Å². The molecular formula is C15H19N5O3S. The van der Waals surface area contributed by atoms with Gasteiger partial charge in [0, 0.05) is 17.8 Å². The molecule has 2 rings (SSSR count). The molecule has 128 valence electrons. The lowest BCUT2D eigenvalue weighted by Gasteiger charge is -2.05. The fraction of sp³-hybridized carbons (Fsp3) is 0.333. The fourth-order valence-corrected chi connectivity index (χ4v) is 2.89. The minimum atomic E-state index is -0.659. The molecule has 0 aliphatic heterocycles. The lowest BCUT2D eigenvalue weighted by molar-refractivity contribution is 0.102. The van der Waals surface area contributed by atoms with E-state index < -0.39 is 6.03 Å². The molecular weight excluding hydrogens is 330 g/mol. The lowest BCUT2D eigenvalue weighted by Crippen LogP contribution is -2.19. The van der Waals surface area contributed by atoms with Gasteiger partial charge in [-0.2, -0.15) is 0 Å². The normalized spacial score (nSPS) is 10.5. The van der Waals surface area contributed by atoms with Gasteiger partial charge in [-0.05, 0) is 30.7 Å². The van der Waals surface area contributed by atoms with E-state index in [9.17, 15) is 14.4 Å². The number of urea groups is 1. The summed E-state index contributed by atoms with van der Waals surface area (Å²) in [5.74, 6) is 0.0714. The molecule has 8 nitrogen and oxygen atoms in total. The number of ketones is 1. The monoisotopic (exact) mass is 349 g/mol. The van der Waals surface area contributed by atoms with Crippen LogP contribution in [-0.2, 0) is 6.54 Å². The van der Waals surface area contributed by atoms with Crippen molar-refractivity contribution in [3.63, 3.8) is 0 Å². The molecule has 4 N–H and O–H groups in total. The number of amides is 2. The second-order valence-electron chi connectivity index (χ2n) is 5.09. The van der Waals surface area contributed by atoms with Gasteiger partial charge in [0.25, 0.3) is 0 Å². The first-order valence-electron chi connectivity index (χ1n) is 7.49. The van der Waals surface area contributed by atoms with Crippen LogP contribution in [-0.4, -0.2) is 32.3 Å². The van der Waals surface area contributed by atoms with Crippen molar-refractivity contribution in [3.05, 3.63) is 40.3 Å². The first kappa shape index (κ1) is 17.8. The van der Waals surface area contributed by atoms with E-state index in [1.165, 1.54) is 11.8 Å². The number of rotatable bonds is 8. The number of carbonyl (C=O) groups excluding carboxylic acids is 2. The van der Waals surface area contributed by atoms with Crippen LogP contribution in [0.25, 0.3) is 0 Å². The zero-order valence-corrected chi connectivity index (χ0v) is 14.1. The third kappa shape index (κ3) is 4.72. The number of carbonyl (C=O) groups is 2. The third-order valence-electron chi connectivity index (χ3n) is 3.27. The summed E-state index contributed by atoms with van der Waals surface area (Å²) in [5.41, 5.74) is 5.79. The summed E-state index contributed by atoms with van der Waals surface area (Å²) in [4.78, 5) is 34.7. The Labute approximate surface area is 142 Å². The Balaban J connectivity index is 1.98. The Morgan fingerprint density at radius 2 is 2.04 bits per heavy atom.